The Morgan fingerprint density at radius 3 is 3.07 bits per heavy atom. The Morgan fingerprint density at radius 1 is 1.36 bits per heavy atom. The maximum Gasteiger partial charge on any atom is 0.0958 e. The molecule has 2 aromatic rings. The first-order valence-corrected chi connectivity index (χ1v) is 4.75. The number of nitrogens with zero attached hydrogens (tertiary/aromatic N) is 2. The summed E-state index contributed by atoms with van der Waals surface area (Å²) in [5, 5.41) is 0. The Morgan fingerprint density at radius 2 is 2.21 bits per heavy atom. The van der Waals surface area contributed by atoms with Crippen molar-refractivity contribution in [2.75, 3.05) is 0 Å². The van der Waals surface area contributed by atoms with Crippen molar-refractivity contribution in [2.45, 2.75) is 19.4 Å². The number of para-hydroxylation sites is 2. The van der Waals surface area contributed by atoms with Crippen molar-refractivity contribution >= 4 is 11.0 Å². The van der Waals surface area contributed by atoms with Crippen molar-refractivity contribution in [3.05, 3.63) is 30.6 Å². The van der Waals surface area contributed by atoms with Gasteiger partial charge < -0.3 is 4.57 Å². The number of aromatic nitrogens is 2. The van der Waals surface area contributed by atoms with Gasteiger partial charge in [0.2, 0.25) is 0 Å². The molecule has 0 saturated carbocycles. The maximum atomic E-state index is 5.21. The van der Waals surface area contributed by atoms with E-state index in [1.54, 1.807) is 0 Å². The molecule has 1 heterocycles. The molecule has 0 aliphatic carbocycles. The molecule has 0 spiro atoms. The van der Waals surface area contributed by atoms with Crippen LogP contribution in [0.1, 0.15) is 12.8 Å². The van der Waals surface area contributed by atoms with Crippen LogP contribution in [-0.4, -0.2) is 9.55 Å². The number of hydrogen-bond donors (Lipinski definition) is 0. The Labute approximate surface area is 83.6 Å². The van der Waals surface area contributed by atoms with Gasteiger partial charge in [-0.1, -0.05) is 12.1 Å². The van der Waals surface area contributed by atoms with Crippen molar-refractivity contribution in [2.24, 2.45) is 0 Å². The average molecular weight is 184 g/mol. The van der Waals surface area contributed by atoms with Crippen LogP contribution in [0.4, 0.5) is 0 Å². The molecule has 1 aromatic carbocycles. The van der Waals surface area contributed by atoms with Gasteiger partial charge in [0.25, 0.3) is 0 Å². The van der Waals surface area contributed by atoms with Crippen LogP contribution in [0.5, 0.6) is 0 Å². The Balaban J connectivity index is 2.22. The maximum absolute atomic E-state index is 5.21. The van der Waals surface area contributed by atoms with Crippen molar-refractivity contribution < 1.29 is 0 Å². The molecule has 0 saturated heterocycles. The van der Waals surface area contributed by atoms with Crippen LogP contribution in [0.25, 0.3) is 11.0 Å². The van der Waals surface area contributed by atoms with Crippen molar-refractivity contribution in [1.29, 1.82) is 0 Å². The highest BCUT2D eigenvalue weighted by molar-refractivity contribution is 5.74. The van der Waals surface area contributed by atoms with Gasteiger partial charge in [-0.2, -0.15) is 0 Å². The first-order chi connectivity index (χ1) is 6.92. The summed E-state index contributed by atoms with van der Waals surface area (Å²) < 4.78 is 2.15. The monoisotopic (exact) mass is 184 g/mol. The van der Waals surface area contributed by atoms with Crippen molar-refractivity contribution in [3.8, 4) is 12.3 Å². The number of imidazole rings is 1. The summed E-state index contributed by atoms with van der Waals surface area (Å²) in [7, 11) is 0. The summed E-state index contributed by atoms with van der Waals surface area (Å²) >= 11 is 0. The predicted octanol–water partition coefficient (Wildman–Crippen LogP) is 2.45. The van der Waals surface area contributed by atoms with Crippen molar-refractivity contribution in [1.82, 2.24) is 9.55 Å². The molecule has 70 valence electrons. The molecule has 0 fully saturated rings. The van der Waals surface area contributed by atoms with E-state index in [0.717, 1.165) is 24.9 Å². The number of terminal acetylenes is 1. The number of hydrogen-bond acceptors (Lipinski definition) is 1. The second-order valence-electron chi connectivity index (χ2n) is 3.23. The van der Waals surface area contributed by atoms with E-state index in [1.807, 2.05) is 24.5 Å². The molecular weight excluding hydrogens is 172 g/mol. The molecule has 14 heavy (non-hydrogen) atoms. The van der Waals surface area contributed by atoms with Crippen LogP contribution in [0.15, 0.2) is 30.6 Å². The van der Waals surface area contributed by atoms with Crippen LogP contribution in [0, 0.1) is 12.3 Å². The van der Waals surface area contributed by atoms with E-state index >= 15 is 0 Å². The molecule has 0 aliphatic heterocycles. The van der Waals surface area contributed by atoms with Gasteiger partial charge >= 0.3 is 0 Å². The zero-order valence-electron chi connectivity index (χ0n) is 7.98. The molecule has 0 unspecified atom stereocenters. The van der Waals surface area contributed by atoms with Crippen LogP contribution in [0.3, 0.4) is 0 Å². The van der Waals surface area contributed by atoms with Gasteiger partial charge in [0.05, 0.1) is 17.4 Å². The van der Waals surface area contributed by atoms with E-state index in [9.17, 15) is 0 Å². The fourth-order valence-corrected chi connectivity index (χ4v) is 1.54. The lowest BCUT2D eigenvalue weighted by atomic mass is 10.3. The molecular formula is C12H12N2. The Kier molecular flexibility index (Phi) is 2.51. The number of benzene rings is 1. The van der Waals surface area contributed by atoms with Gasteiger partial charge in [0.1, 0.15) is 0 Å². The summed E-state index contributed by atoms with van der Waals surface area (Å²) in [6.45, 7) is 0.949. The van der Waals surface area contributed by atoms with Gasteiger partial charge in [0, 0.05) is 13.0 Å². The second-order valence-corrected chi connectivity index (χ2v) is 3.23. The Hall–Kier alpha value is -1.75. The van der Waals surface area contributed by atoms with E-state index in [4.69, 9.17) is 6.42 Å². The molecule has 0 radical (unpaired) electrons. The highest BCUT2D eigenvalue weighted by Crippen LogP contribution is 2.12. The molecule has 2 heteroatoms. The van der Waals surface area contributed by atoms with Crippen LogP contribution in [0.2, 0.25) is 0 Å². The second kappa shape index (κ2) is 3.97. The lowest BCUT2D eigenvalue weighted by Gasteiger charge is -2.01. The largest absolute Gasteiger partial charge is 0.331 e. The molecule has 2 nitrogen and oxygen atoms in total. The highest BCUT2D eigenvalue weighted by atomic mass is 15.0. The van der Waals surface area contributed by atoms with Crippen LogP contribution >= 0.6 is 0 Å². The number of rotatable bonds is 3. The van der Waals surface area contributed by atoms with E-state index in [2.05, 4.69) is 21.5 Å². The fraction of sp³-hybridized carbons (Fsp3) is 0.250. The normalized spacial score (nSPS) is 10.2. The number of aryl methyl sites for hydroxylation is 1. The third-order valence-corrected chi connectivity index (χ3v) is 2.25. The summed E-state index contributed by atoms with van der Waals surface area (Å²) in [5.41, 5.74) is 2.23. The smallest absolute Gasteiger partial charge is 0.0958 e. The van der Waals surface area contributed by atoms with Crippen molar-refractivity contribution in [3.63, 3.8) is 0 Å². The van der Waals surface area contributed by atoms with E-state index < -0.39 is 0 Å². The first-order valence-electron chi connectivity index (χ1n) is 4.75. The number of unbranched alkanes of at least 4 members (excludes halogenated alkanes) is 1. The van der Waals surface area contributed by atoms with E-state index in [1.165, 1.54) is 5.52 Å². The molecule has 1 aromatic heterocycles. The number of fused-ring (bicyclic) bond motifs is 1. The van der Waals surface area contributed by atoms with Gasteiger partial charge in [-0.15, -0.1) is 12.3 Å². The molecule has 0 atom stereocenters. The minimum atomic E-state index is 0.826. The third kappa shape index (κ3) is 1.62. The summed E-state index contributed by atoms with van der Waals surface area (Å²) in [5.74, 6) is 2.64. The zero-order chi connectivity index (χ0) is 9.80. The standard InChI is InChI=1S/C12H12N2/c1-2-3-6-9-14-10-13-11-7-4-5-8-12(11)14/h1,4-5,7-8,10H,3,6,9H2. The van der Waals surface area contributed by atoms with Gasteiger partial charge in [0.15, 0.2) is 0 Å². The minimum absolute atomic E-state index is 0.826. The highest BCUT2D eigenvalue weighted by Gasteiger charge is 1.99. The lowest BCUT2D eigenvalue weighted by molar-refractivity contribution is 0.671. The zero-order valence-corrected chi connectivity index (χ0v) is 7.98. The quantitative estimate of drug-likeness (QED) is 0.529. The topological polar surface area (TPSA) is 17.8 Å². The SMILES string of the molecule is C#CCCCn1cnc2ccccc21. The molecule has 0 N–H and O–H groups in total. The van der Waals surface area contributed by atoms with Crippen LogP contribution in [-0.2, 0) is 6.54 Å². The summed E-state index contributed by atoms with van der Waals surface area (Å²) in [6.07, 6.45) is 8.92. The summed E-state index contributed by atoms with van der Waals surface area (Å²) in [6, 6.07) is 8.13. The van der Waals surface area contributed by atoms with E-state index in [0.29, 0.717) is 0 Å². The van der Waals surface area contributed by atoms with E-state index in [-0.39, 0.29) is 0 Å². The third-order valence-electron chi connectivity index (χ3n) is 2.25. The van der Waals surface area contributed by atoms with Gasteiger partial charge in [-0.05, 0) is 18.6 Å². The van der Waals surface area contributed by atoms with Gasteiger partial charge in [-0.3, -0.25) is 0 Å². The minimum Gasteiger partial charge on any atom is -0.331 e. The molecule has 2 rings (SSSR count). The molecule has 0 amide bonds. The predicted molar refractivity (Wildman–Crippen MR) is 57.8 cm³/mol. The van der Waals surface area contributed by atoms with Crippen LogP contribution < -0.4 is 0 Å². The average Bonchev–Trinajstić information content (AvgIpc) is 2.63. The molecule has 0 aliphatic rings. The molecule has 0 bridgehead atoms. The summed E-state index contributed by atoms with van der Waals surface area (Å²) in [4.78, 5) is 4.31. The first kappa shape index (κ1) is 8.83. The Bertz CT molecular complexity index is 462. The fourth-order valence-electron chi connectivity index (χ4n) is 1.54. The lowest BCUT2D eigenvalue weighted by Crippen LogP contribution is -1.94. The van der Waals surface area contributed by atoms with Gasteiger partial charge in [-0.25, -0.2) is 4.98 Å².